The lowest BCUT2D eigenvalue weighted by Gasteiger charge is -2.35. The van der Waals surface area contributed by atoms with E-state index in [-0.39, 0.29) is 17.9 Å². The third kappa shape index (κ3) is 1.76. The Kier molecular flexibility index (Phi) is 2.89. The number of carbonyl (C=O) groups excluding carboxylic acids is 2. The molecule has 1 aliphatic carbocycles. The first-order chi connectivity index (χ1) is 9.51. The van der Waals surface area contributed by atoms with Gasteiger partial charge in [-0.25, -0.2) is 9.59 Å². The van der Waals surface area contributed by atoms with Crippen LogP contribution in [0, 0.1) is 11.8 Å². The Bertz CT molecular complexity index is 489. The minimum Gasteiger partial charge on any atom is -0.466 e. The summed E-state index contributed by atoms with van der Waals surface area (Å²) in [6, 6.07) is 0. The highest BCUT2D eigenvalue weighted by atomic mass is 16.7. The highest BCUT2D eigenvalue weighted by Crippen LogP contribution is 2.60. The van der Waals surface area contributed by atoms with Crippen LogP contribution < -0.4 is 5.32 Å². The van der Waals surface area contributed by atoms with E-state index >= 15 is 0 Å². The fourth-order valence-corrected chi connectivity index (χ4v) is 3.30. The number of esters is 1. The van der Waals surface area contributed by atoms with E-state index < -0.39 is 24.0 Å². The first-order valence-electron chi connectivity index (χ1n) is 6.51. The normalized spacial score (nSPS) is 40.6. The molecule has 1 N–H and O–H groups in total. The van der Waals surface area contributed by atoms with Gasteiger partial charge in [0.15, 0.2) is 0 Å². The van der Waals surface area contributed by atoms with Crippen molar-refractivity contribution >= 4 is 12.1 Å². The van der Waals surface area contributed by atoms with Crippen LogP contribution in [0.1, 0.15) is 13.3 Å². The van der Waals surface area contributed by atoms with E-state index in [1.165, 1.54) is 20.4 Å². The van der Waals surface area contributed by atoms with Crippen molar-refractivity contribution in [2.24, 2.45) is 11.8 Å². The van der Waals surface area contributed by atoms with Gasteiger partial charge in [0.1, 0.15) is 5.60 Å². The third-order valence-corrected chi connectivity index (χ3v) is 4.41. The lowest BCUT2D eigenvalue weighted by Crippen LogP contribution is -2.44. The summed E-state index contributed by atoms with van der Waals surface area (Å²) in [5.41, 5.74) is 0.0722. The molecule has 1 amide bonds. The first kappa shape index (κ1) is 13.2. The second-order valence-electron chi connectivity index (χ2n) is 5.38. The molecule has 0 aromatic rings. The summed E-state index contributed by atoms with van der Waals surface area (Å²) in [4.78, 5) is 23.2. The van der Waals surface area contributed by atoms with Gasteiger partial charge in [-0.05, 0) is 13.3 Å². The van der Waals surface area contributed by atoms with E-state index in [0.29, 0.717) is 12.0 Å². The number of rotatable bonds is 2. The van der Waals surface area contributed by atoms with Gasteiger partial charge in [0.05, 0.1) is 31.0 Å². The molecule has 20 heavy (non-hydrogen) atoms. The van der Waals surface area contributed by atoms with Crippen LogP contribution in [0.5, 0.6) is 0 Å². The maximum absolute atomic E-state index is 11.8. The molecule has 7 nitrogen and oxygen atoms in total. The molecule has 2 heterocycles. The number of hydrogen-bond acceptors (Lipinski definition) is 6. The minimum absolute atomic E-state index is 0.0723. The Hall–Kier alpha value is -1.76. The number of ether oxygens (including phenoxy) is 4. The minimum atomic E-state index is -0.758. The zero-order valence-electron chi connectivity index (χ0n) is 11.5. The van der Waals surface area contributed by atoms with Crippen molar-refractivity contribution in [3.8, 4) is 0 Å². The fourth-order valence-electron chi connectivity index (χ4n) is 3.30. The van der Waals surface area contributed by atoms with Crippen LogP contribution in [0.2, 0.25) is 0 Å². The smallest absolute Gasteiger partial charge is 0.409 e. The van der Waals surface area contributed by atoms with Gasteiger partial charge < -0.3 is 24.3 Å². The fraction of sp³-hybridized carbons (Fsp3) is 0.692. The molecule has 0 spiro atoms. The molecule has 3 aliphatic rings. The van der Waals surface area contributed by atoms with Crippen LogP contribution in [-0.2, 0) is 23.7 Å². The quantitative estimate of drug-likeness (QED) is 0.588. The van der Waals surface area contributed by atoms with E-state index in [1.54, 1.807) is 0 Å². The van der Waals surface area contributed by atoms with Gasteiger partial charge in [0.2, 0.25) is 0 Å². The van der Waals surface area contributed by atoms with Crippen molar-refractivity contribution in [3.63, 3.8) is 0 Å². The molecule has 2 aliphatic heterocycles. The van der Waals surface area contributed by atoms with Gasteiger partial charge in [-0.3, -0.25) is 0 Å². The molecule has 0 bridgehead atoms. The number of alkyl carbamates (subject to hydrolysis) is 1. The zero-order valence-corrected chi connectivity index (χ0v) is 11.5. The van der Waals surface area contributed by atoms with Gasteiger partial charge in [0, 0.05) is 13.0 Å². The van der Waals surface area contributed by atoms with Crippen LogP contribution in [-0.4, -0.2) is 44.2 Å². The summed E-state index contributed by atoms with van der Waals surface area (Å²) in [6.45, 7) is 1.95. The molecular weight excluding hydrogens is 266 g/mol. The summed E-state index contributed by atoms with van der Waals surface area (Å²) < 4.78 is 21.1. The highest BCUT2D eigenvalue weighted by molar-refractivity contribution is 5.89. The molecular formula is C13H17NO6. The third-order valence-electron chi connectivity index (χ3n) is 4.41. The molecule has 0 aromatic carbocycles. The summed E-state index contributed by atoms with van der Waals surface area (Å²) in [5, 5.41) is 2.38. The lowest BCUT2D eigenvalue weighted by atomic mass is 9.82. The summed E-state index contributed by atoms with van der Waals surface area (Å²) in [6.07, 6.45) is 0.790. The van der Waals surface area contributed by atoms with Crippen LogP contribution in [0.4, 0.5) is 4.79 Å². The maximum Gasteiger partial charge on any atom is 0.409 e. The Morgan fingerprint density at radius 3 is 2.90 bits per heavy atom. The summed E-state index contributed by atoms with van der Waals surface area (Å²) in [5.74, 6) is -0.693. The SMILES string of the molecule is CNC(=O)OC1OC=C(C(=O)OC)C2CC3OC3(C)C12. The van der Waals surface area contributed by atoms with Gasteiger partial charge in [-0.2, -0.15) is 0 Å². The molecule has 1 saturated carbocycles. The monoisotopic (exact) mass is 283 g/mol. The van der Waals surface area contributed by atoms with Crippen LogP contribution in [0.15, 0.2) is 11.8 Å². The number of methoxy groups -OCH3 is 1. The van der Waals surface area contributed by atoms with Gasteiger partial charge in [-0.15, -0.1) is 0 Å². The van der Waals surface area contributed by atoms with E-state index in [0.717, 1.165) is 0 Å². The molecule has 7 heteroatoms. The van der Waals surface area contributed by atoms with Gasteiger partial charge >= 0.3 is 12.1 Å². The van der Waals surface area contributed by atoms with Gasteiger partial charge in [-0.1, -0.05) is 0 Å². The predicted octanol–water partition coefficient (Wildman–Crippen LogP) is 0.549. The number of carbonyl (C=O) groups is 2. The molecule has 1 saturated heterocycles. The second-order valence-corrected chi connectivity index (χ2v) is 5.38. The summed E-state index contributed by atoms with van der Waals surface area (Å²) >= 11 is 0. The van der Waals surface area contributed by atoms with Crippen molar-refractivity contribution < 1.29 is 28.5 Å². The molecule has 5 unspecified atom stereocenters. The van der Waals surface area contributed by atoms with Crippen molar-refractivity contribution in [1.29, 1.82) is 0 Å². The first-order valence-corrected chi connectivity index (χ1v) is 6.51. The molecule has 0 radical (unpaired) electrons. The Morgan fingerprint density at radius 1 is 1.50 bits per heavy atom. The Balaban J connectivity index is 1.86. The Labute approximate surface area is 116 Å². The van der Waals surface area contributed by atoms with Gasteiger partial charge in [0.25, 0.3) is 6.29 Å². The van der Waals surface area contributed by atoms with Crippen LogP contribution in [0.3, 0.4) is 0 Å². The highest BCUT2D eigenvalue weighted by Gasteiger charge is 2.71. The molecule has 110 valence electrons. The molecule has 2 fully saturated rings. The molecule has 5 atom stereocenters. The lowest BCUT2D eigenvalue weighted by molar-refractivity contribution is -0.150. The van der Waals surface area contributed by atoms with E-state index in [4.69, 9.17) is 18.9 Å². The largest absolute Gasteiger partial charge is 0.466 e. The number of fused-ring (bicyclic) bond motifs is 3. The zero-order chi connectivity index (χ0) is 14.5. The average molecular weight is 283 g/mol. The molecule has 3 rings (SSSR count). The number of nitrogens with one attached hydrogen (secondary N) is 1. The van der Waals surface area contributed by atoms with E-state index in [9.17, 15) is 9.59 Å². The molecule has 0 aromatic heterocycles. The Morgan fingerprint density at radius 2 is 2.25 bits per heavy atom. The van der Waals surface area contributed by atoms with Crippen molar-refractivity contribution in [2.45, 2.75) is 31.3 Å². The van der Waals surface area contributed by atoms with E-state index in [2.05, 4.69) is 5.32 Å². The number of epoxide rings is 1. The van der Waals surface area contributed by atoms with Crippen molar-refractivity contribution in [1.82, 2.24) is 5.32 Å². The average Bonchev–Trinajstić information content (AvgIpc) is 3.00. The van der Waals surface area contributed by atoms with Crippen molar-refractivity contribution in [3.05, 3.63) is 11.8 Å². The topological polar surface area (TPSA) is 86.4 Å². The number of hydrogen-bond donors (Lipinski definition) is 1. The van der Waals surface area contributed by atoms with Crippen LogP contribution >= 0.6 is 0 Å². The second kappa shape index (κ2) is 4.37. The maximum atomic E-state index is 11.8. The standard InChI is InChI=1S/C13H17NO6/c1-13-8(20-13)4-6-7(10(15)17-3)5-18-11(9(6)13)19-12(16)14-2/h5-6,8-9,11H,4H2,1-3H3,(H,14,16). The number of amides is 1. The predicted molar refractivity (Wildman–Crippen MR) is 65.4 cm³/mol. The van der Waals surface area contributed by atoms with Crippen LogP contribution in [0.25, 0.3) is 0 Å². The summed E-state index contributed by atoms with van der Waals surface area (Å²) in [7, 11) is 2.81. The van der Waals surface area contributed by atoms with Crippen molar-refractivity contribution in [2.75, 3.05) is 14.2 Å². The van der Waals surface area contributed by atoms with E-state index in [1.807, 2.05) is 6.92 Å².